The van der Waals surface area contributed by atoms with Gasteiger partial charge in [0, 0.05) is 24.9 Å². The van der Waals surface area contributed by atoms with E-state index in [0.29, 0.717) is 30.4 Å². The van der Waals surface area contributed by atoms with Gasteiger partial charge in [0.2, 0.25) is 0 Å². The van der Waals surface area contributed by atoms with Gasteiger partial charge >= 0.3 is 6.03 Å². The van der Waals surface area contributed by atoms with Gasteiger partial charge in [0.05, 0.1) is 6.61 Å². The van der Waals surface area contributed by atoms with Crippen LogP contribution in [0.25, 0.3) is 0 Å². The number of aryl methyl sites for hydroxylation is 2. The molecule has 1 aromatic heterocycles. The number of nitrogens with zero attached hydrogens (tertiary/aromatic N) is 2. The Morgan fingerprint density at radius 2 is 2.09 bits per heavy atom. The molecule has 0 spiro atoms. The number of ether oxygens (including phenoxy) is 1. The maximum atomic E-state index is 12.4. The van der Waals surface area contributed by atoms with Crippen molar-refractivity contribution < 1.29 is 14.1 Å². The molecule has 0 radical (unpaired) electrons. The molecular weight excluding hydrogens is 282 g/mol. The second-order valence-corrected chi connectivity index (χ2v) is 4.96. The standard InChI is InChI=1S/C16H21N3O3/c1-5-21-10-13-8-6-7-9-14(13)17-16(20)19(4)15-11(2)18-22-12(15)3/h6-9H,5,10H2,1-4H3,(H,17,20). The number of amides is 2. The third-order valence-corrected chi connectivity index (χ3v) is 3.36. The van der Waals surface area contributed by atoms with Gasteiger partial charge in [-0.2, -0.15) is 0 Å². The Kier molecular flexibility index (Phi) is 5.16. The SMILES string of the molecule is CCOCc1ccccc1NC(=O)N(C)c1c(C)noc1C. The molecule has 1 heterocycles. The molecule has 0 fully saturated rings. The molecule has 2 amide bonds. The average Bonchev–Trinajstić information content (AvgIpc) is 2.84. The number of hydrogen-bond acceptors (Lipinski definition) is 4. The molecule has 0 atom stereocenters. The van der Waals surface area contributed by atoms with Crippen LogP contribution in [0.2, 0.25) is 0 Å². The summed E-state index contributed by atoms with van der Waals surface area (Å²) in [6, 6.07) is 7.33. The highest BCUT2D eigenvalue weighted by Gasteiger charge is 2.20. The molecular formula is C16H21N3O3. The van der Waals surface area contributed by atoms with Gasteiger partial charge < -0.3 is 14.6 Å². The van der Waals surface area contributed by atoms with E-state index in [0.717, 1.165) is 11.3 Å². The lowest BCUT2D eigenvalue weighted by Gasteiger charge is -2.19. The van der Waals surface area contributed by atoms with E-state index in [1.54, 1.807) is 20.9 Å². The third kappa shape index (κ3) is 3.46. The predicted molar refractivity (Wildman–Crippen MR) is 85.2 cm³/mol. The minimum absolute atomic E-state index is 0.252. The van der Waals surface area contributed by atoms with Crippen LogP contribution in [0.4, 0.5) is 16.2 Å². The van der Waals surface area contributed by atoms with Gasteiger partial charge in [-0.3, -0.25) is 4.90 Å². The van der Waals surface area contributed by atoms with E-state index in [4.69, 9.17) is 9.26 Å². The Morgan fingerprint density at radius 1 is 1.36 bits per heavy atom. The Hall–Kier alpha value is -2.34. The van der Waals surface area contributed by atoms with E-state index >= 15 is 0 Å². The predicted octanol–water partition coefficient (Wildman–Crippen LogP) is 3.50. The van der Waals surface area contributed by atoms with Crippen molar-refractivity contribution in [2.75, 3.05) is 23.9 Å². The summed E-state index contributed by atoms with van der Waals surface area (Å²) in [5, 5.41) is 6.77. The Labute approximate surface area is 130 Å². The molecule has 6 heteroatoms. The smallest absolute Gasteiger partial charge is 0.326 e. The van der Waals surface area contributed by atoms with Crippen molar-refractivity contribution in [3.8, 4) is 0 Å². The van der Waals surface area contributed by atoms with E-state index in [9.17, 15) is 4.79 Å². The van der Waals surface area contributed by atoms with Crippen LogP contribution in [0.1, 0.15) is 23.9 Å². The number of carbonyl (C=O) groups excluding carboxylic acids is 1. The zero-order chi connectivity index (χ0) is 16.1. The topological polar surface area (TPSA) is 67.6 Å². The Bertz CT molecular complexity index is 632. The fourth-order valence-electron chi connectivity index (χ4n) is 2.24. The normalized spacial score (nSPS) is 10.5. The minimum atomic E-state index is -0.252. The van der Waals surface area contributed by atoms with Crippen molar-refractivity contribution in [1.29, 1.82) is 0 Å². The number of para-hydroxylation sites is 1. The van der Waals surface area contributed by atoms with Crippen molar-refractivity contribution in [2.45, 2.75) is 27.4 Å². The first-order valence-corrected chi connectivity index (χ1v) is 7.17. The molecule has 0 aliphatic carbocycles. The number of rotatable bonds is 5. The molecule has 0 aliphatic rings. The summed E-state index contributed by atoms with van der Waals surface area (Å²) >= 11 is 0. The summed E-state index contributed by atoms with van der Waals surface area (Å²) < 4.78 is 10.5. The van der Waals surface area contributed by atoms with Crippen LogP contribution in [-0.2, 0) is 11.3 Å². The van der Waals surface area contributed by atoms with Crippen LogP contribution in [0.15, 0.2) is 28.8 Å². The first-order chi connectivity index (χ1) is 10.5. The second-order valence-electron chi connectivity index (χ2n) is 4.96. The van der Waals surface area contributed by atoms with E-state index in [2.05, 4.69) is 10.5 Å². The monoisotopic (exact) mass is 303 g/mol. The van der Waals surface area contributed by atoms with Crippen molar-refractivity contribution >= 4 is 17.4 Å². The molecule has 1 aromatic carbocycles. The Morgan fingerprint density at radius 3 is 2.73 bits per heavy atom. The minimum Gasteiger partial charge on any atom is -0.377 e. The first-order valence-electron chi connectivity index (χ1n) is 7.17. The van der Waals surface area contributed by atoms with Crippen molar-refractivity contribution in [1.82, 2.24) is 5.16 Å². The summed E-state index contributed by atoms with van der Waals surface area (Å²) in [5.41, 5.74) is 3.03. The maximum absolute atomic E-state index is 12.4. The molecule has 22 heavy (non-hydrogen) atoms. The van der Waals surface area contributed by atoms with Crippen LogP contribution in [-0.4, -0.2) is 24.8 Å². The third-order valence-electron chi connectivity index (χ3n) is 3.36. The summed E-state index contributed by atoms with van der Waals surface area (Å²) in [4.78, 5) is 13.9. The summed E-state index contributed by atoms with van der Waals surface area (Å²) in [6.07, 6.45) is 0. The van der Waals surface area contributed by atoms with Gasteiger partial charge in [-0.05, 0) is 26.8 Å². The highest BCUT2D eigenvalue weighted by molar-refractivity contribution is 6.02. The van der Waals surface area contributed by atoms with E-state index in [-0.39, 0.29) is 6.03 Å². The first kappa shape index (κ1) is 16.0. The summed E-state index contributed by atoms with van der Waals surface area (Å²) in [7, 11) is 1.69. The molecule has 0 aliphatic heterocycles. The molecule has 0 saturated carbocycles. The number of aromatic nitrogens is 1. The molecule has 118 valence electrons. The zero-order valence-electron chi connectivity index (χ0n) is 13.3. The number of carbonyl (C=O) groups is 1. The summed E-state index contributed by atoms with van der Waals surface area (Å²) in [6.45, 7) is 6.61. The average molecular weight is 303 g/mol. The molecule has 2 aromatic rings. The lowest BCUT2D eigenvalue weighted by molar-refractivity contribution is 0.134. The van der Waals surface area contributed by atoms with Crippen LogP contribution in [0.3, 0.4) is 0 Å². The molecule has 0 bridgehead atoms. The largest absolute Gasteiger partial charge is 0.377 e. The molecule has 0 unspecified atom stereocenters. The van der Waals surface area contributed by atoms with Crippen molar-refractivity contribution in [3.05, 3.63) is 41.3 Å². The van der Waals surface area contributed by atoms with Crippen molar-refractivity contribution in [3.63, 3.8) is 0 Å². The lowest BCUT2D eigenvalue weighted by atomic mass is 10.2. The fraction of sp³-hybridized carbons (Fsp3) is 0.375. The number of urea groups is 1. The van der Waals surface area contributed by atoms with Gasteiger partial charge in [0.15, 0.2) is 5.76 Å². The highest BCUT2D eigenvalue weighted by Crippen LogP contribution is 2.24. The maximum Gasteiger partial charge on any atom is 0.326 e. The molecule has 6 nitrogen and oxygen atoms in total. The van der Waals surface area contributed by atoms with Gasteiger partial charge in [-0.15, -0.1) is 0 Å². The number of hydrogen-bond donors (Lipinski definition) is 1. The van der Waals surface area contributed by atoms with Crippen molar-refractivity contribution in [2.24, 2.45) is 0 Å². The van der Waals surface area contributed by atoms with Gasteiger partial charge in [-0.25, -0.2) is 4.79 Å². The van der Waals surface area contributed by atoms with E-state index in [1.807, 2.05) is 31.2 Å². The van der Waals surface area contributed by atoms with E-state index < -0.39 is 0 Å². The van der Waals surface area contributed by atoms with Crippen LogP contribution in [0, 0.1) is 13.8 Å². The van der Waals surface area contributed by atoms with Gasteiger partial charge in [0.1, 0.15) is 11.4 Å². The number of benzene rings is 1. The molecule has 0 saturated heterocycles. The van der Waals surface area contributed by atoms with E-state index in [1.165, 1.54) is 4.90 Å². The number of nitrogens with one attached hydrogen (secondary N) is 1. The fourth-order valence-corrected chi connectivity index (χ4v) is 2.24. The van der Waals surface area contributed by atoms with Gasteiger partial charge in [0.25, 0.3) is 0 Å². The molecule has 2 rings (SSSR count). The Balaban J connectivity index is 2.15. The van der Waals surface area contributed by atoms with Crippen LogP contribution < -0.4 is 10.2 Å². The van der Waals surface area contributed by atoms with Crippen LogP contribution >= 0.6 is 0 Å². The zero-order valence-corrected chi connectivity index (χ0v) is 13.3. The second kappa shape index (κ2) is 7.09. The van der Waals surface area contributed by atoms with Gasteiger partial charge in [-0.1, -0.05) is 23.4 Å². The van der Waals surface area contributed by atoms with Crippen LogP contribution in [0.5, 0.6) is 0 Å². The lowest BCUT2D eigenvalue weighted by Crippen LogP contribution is -2.32. The quantitative estimate of drug-likeness (QED) is 0.918. The molecule has 1 N–H and O–H groups in total. The highest BCUT2D eigenvalue weighted by atomic mass is 16.5. The number of anilines is 2. The summed E-state index contributed by atoms with van der Waals surface area (Å²) in [5.74, 6) is 0.609.